The smallest absolute Gasteiger partial charge is 0.407 e. The van der Waals surface area contributed by atoms with Crippen LogP contribution in [-0.4, -0.2) is 24.8 Å². The van der Waals surface area contributed by atoms with Gasteiger partial charge in [0.05, 0.1) is 6.61 Å². The Morgan fingerprint density at radius 3 is 2.67 bits per heavy atom. The first-order chi connectivity index (χ1) is 9.80. The minimum Gasteiger partial charge on any atom is -0.494 e. The van der Waals surface area contributed by atoms with Gasteiger partial charge in [-0.25, -0.2) is 9.18 Å². The quantitative estimate of drug-likeness (QED) is 0.899. The fourth-order valence-electron chi connectivity index (χ4n) is 1.58. The third kappa shape index (κ3) is 7.34. The molecule has 1 N–H and O–H groups in total. The maximum absolute atomic E-state index is 13.4. The number of nitrogens with one attached hydrogen (secondary N) is 1. The topological polar surface area (TPSA) is 47.6 Å². The van der Waals surface area contributed by atoms with Crippen molar-refractivity contribution in [2.24, 2.45) is 0 Å². The zero-order valence-electron chi connectivity index (χ0n) is 12.9. The van der Waals surface area contributed by atoms with Crippen molar-refractivity contribution in [3.8, 4) is 5.75 Å². The molecule has 0 aromatic heterocycles. The van der Waals surface area contributed by atoms with E-state index in [2.05, 4.69) is 5.32 Å². The summed E-state index contributed by atoms with van der Waals surface area (Å²) < 4.78 is 23.7. The molecule has 0 aliphatic carbocycles. The van der Waals surface area contributed by atoms with Crippen molar-refractivity contribution in [2.45, 2.75) is 33.3 Å². The van der Waals surface area contributed by atoms with Gasteiger partial charge in [0.1, 0.15) is 17.2 Å². The van der Waals surface area contributed by atoms with Crippen molar-refractivity contribution in [1.29, 1.82) is 0 Å². The molecule has 1 rings (SSSR count). The Kier molecular flexibility index (Phi) is 6.21. The number of benzene rings is 1. The van der Waals surface area contributed by atoms with E-state index in [1.165, 1.54) is 12.1 Å². The van der Waals surface area contributed by atoms with Crippen LogP contribution in [0, 0.1) is 5.82 Å². The van der Waals surface area contributed by atoms with Gasteiger partial charge >= 0.3 is 6.09 Å². The number of carbonyl (C=O) groups is 1. The van der Waals surface area contributed by atoms with Crippen LogP contribution in [0.15, 0.2) is 24.3 Å². The number of alkyl carbamates (subject to hydrolysis) is 1. The number of hydrogen-bond donors (Lipinski definition) is 1. The standard InChI is InChI=1S/C16H22FNO3/c1-5-20-14-10-12(9-13(17)11-14)7-6-8-18-15(19)21-16(2,3)4/h6-7,9-11H,5,8H2,1-4H3,(H,18,19). The minimum atomic E-state index is -0.525. The molecule has 0 saturated heterocycles. The Hall–Kier alpha value is -2.04. The lowest BCUT2D eigenvalue weighted by Crippen LogP contribution is -2.32. The molecule has 0 radical (unpaired) electrons. The first-order valence-corrected chi connectivity index (χ1v) is 6.87. The highest BCUT2D eigenvalue weighted by atomic mass is 19.1. The first-order valence-electron chi connectivity index (χ1n) is 6.87. The first kappa shape index (κ1) is 17.0. The summed E-state index contributed by atoms with van der Waals surface area (Å²) in [5, 5.41) is 2.59. The van der Waals surface area contributed by atoms with Crippen LogP contribution in [-0.2, 0) is 4.74 Å². The molecule has 5 heteroatoms. The number of amides is 1. The summed E-state index contributed by atoms with van der Waals surface area (Å²) in [6.07, 6.45) is 2.94. The molecule has 4 nitrogen and oxygen atoms in total. The van der Waals surface area contributed by atoms with Gasteiger partial charge in [0.15, 0.2) is 0 Å². The third-order valence-corrected chi connectivity index (χ3v) is 2.28. The molecule has 116 valence electrons. The van der Waals surface area contributed by atoms with E-state index < -0.39 is 11.7 Å². The van der Waals surface area contributed by atoms with E-state index in [0.717, 1.165) is 0 Å². The second-order valence-corrected chi connectivity index (χ2v) is 5.44. The molecule has 0 unspecified atom stereocenters. The van der Waals surface area contributed by atoms with Crippen LogP contribution in [0.2, 0.25) is 0 Å². The molecule has 1 aromatic rings. The van der Waals surface area contributed by atoms with Gasteiger partial charge in [-0.2, -0.15) is 0 Å². The Morgan fingerprint density at radius 1 is 1.33 bits per heavy atom. The second kappa shape index (κ2) is 7.67. The molecule has 1 amide bonds. The molecule has 1 aromatic carbocycles. The highest BCUT2D eigenvalue weighted by Gasteiger charge is 2.14. The maximum Gasteiger partial charge on any atom is 0.407 e. The largest absolute Gasteiger partial charge is 0.494 e. The number of halogens is 1. The lowest BCUT2D eigenvalue weighted by atomic mass is 10.2. The van der Waals surface area contributed by atoms with E-state index in [0.29, 0.717) is 24.5 Å². The molecule has 21 heavy (non-hydrogen) atoms. The molecular weight excluding hydrogens is 273 g/mol. The molecule has 0 atom stereocenters. The molecule has 0 fully saturated rings. The average Bonchev–Trinajstić information content (AvgIpc) is 2.32. The lowest BCUT2D eigenvalue weighted by molar-refractivity contribution is 0.0534. The van der Waals surface area contributed by atoms with Gasteiger partial charge < -0.3 is 14.8 Å². The summed E-state index contributed by atoms with van der Waals surface area (Å²) >= 11 is 0. The predicted octanol–water partition coefficient (Wildman–Crippen LogP) is 3.76. The van der Waals surface area contributed by atoms with Crippen LogP contribution >= 0.6 is 0 Å². The molecule has 0 aliphatic rings. The van der Waals surface area contributed by atoms with Crippen molar-refractivity contribution < 1.29 is 18.7 Å². The predicted molar refractivity (Wildman–Crippen MR) is 80.8 cm³/mol. The Labute approximate surface area is 124 Å². The SMILES string of the molecule is CCOc1cc(F)cc(C=CCNC(=O)OC(C)(C)C)c1. The maximum atomic E-state index is 13.4. The summed E-state index contributed by atoms with van der Waals surface area (Å²) in [7, 11) is 0. The number of hydrogen-bond acceptors (Lipinski definition) is 3. The normalized spacial score (nSPS) is 11.5. The summed E-state index contributed by atoms with van der Waals surface area (Å²) in [6, 6.07) is 4.46. The van der Waals surface area contributed by atoms with Crippen molar-refractivity contribution >= 4 is 12.2 Å². The Balaban J connectivity index is 2.52. The summed E-state index contributed by atoms with van der Waals surface area (Å²) in [5.74, 6) is 0.123. The monoisotopic (exact) mass is 295 g/mol. The fraction of sp³-hybridized carbons (Fsp3) is 0.438. The second-order valence-electron chi connectivity index (χ2n) is 5.44. The fourth-order valence-corrected chi connectivity index (χ4v) is 1.58. The average molecular weight is 295 g/mol. The number of rotatable bonds is 5. The van der Waals surface area contributed by atoms with Crippen LogP contribution in [0.3, 0.4) is 0 Å². The van der Waals surface area contributed by atoms with E-state index in [4.69, 9.17) is 9.47 Å². The van der Waals surface area contributed by atoms with Crippen LogP contribution < -0.4 is 10.1 Å². The van der Waals surface area contributed by atoms with Gasteiger partial charge in [0, 0.05) is 12.6 Å². The van der Waals surface area contributed by atoms with Crippen LogP contribution in [0.1, 0.15) is 33.3 Å². The minimum absolute atomic E-state index is 0.301. The molecular formula is C16H22FNO3. The summed E-state index contributed by atoms with van der Waals surface area (Å²) in [6.45, 7) is 8.01. The van der Waals surface area contributed by atoms with Crippen LogP contribution in [0.25, 0.3) is 6.08 Å². The zero-order valence-corrected chi connectivity index (χ0v) is 12.9. The van der Waals surface area contributed by atoms with E-state index in [-0.39, 0.29) is 5.82 Å². The number of ether oxygens (including phenoxy) is 2. The van der Waals surface area contributed by atoms with Gasteiger partial charge in [0.25, 0.3) is 0 Å². The van der Waals surface area contributed by atoms with Crippen molar-refractivity contribution in [3.05, 3.63) is 35.7 Å². The zero-order chi connectivity index (χ0) is 15.9. The molecule has 0 saturated carbocycles. The van der Waals surface area contributed by atoms with Crippen molar-refractivity contribution in [2.75, 3.05) is 13.2 Å². The molecule has 0 aliphatic heterocycles. The van der Waals surface area contributed by atoms with Gasteiger partial charge in [-0.1, -0.05) is 12.2 Å². The van der Waals surface area contributed by atoms with Crippen LogP contribution in [0.5, 0.6) is 5.75 Å². The van der Waals surface area contributed by atoms with E-state index in [9.17, 15) is 9.18 Å². The summed E-state index contributed by atoms with van der Waals surface area (Å²) in [4.78, 5) is 11.4. The van der Waals surface area contributed by atoms with Crippen molar-refractivity contribution in [3.63, 3.8) is 0 Å². The highest BCUT2D eigenvalue weighted by Crippen LogP contribution is 2.17. The van der Waals surface area contributed by atoms with Gasteiger partial charge in [-0.3, -0.25) is 0 Å². The Bertz CT molecular complexity index is 507. The summed E-state index contributed by atoms with van der Waals surface area (Å²) in [5.41, 5.74) is 0.146. The van der Waals surface area contributed by atoms with Gasteiger partial charge in [0.2, 0.25) is 0 Å². The molecule has 0 heterocycles. The molecule has 0 spiro atoms. The molecule has 0 bridgehead atoms. The third-order valence-electron chi connectivity index (χ3n) is 2.28. The Morgan fingerprint density at radius 2 is 2.05 bits per heavy atom. The number of carbonyl (C=O) groups excluding carboxylic acids is 1. The van der Waals surface area contributed by atoms with E-state index >= 15 is 0 Å². The van der Waals surface area contributed by atoms with Crippen LogP contribution in [0.4, 0.5) is 9.18 Å². The lowest BCUT2D eigenvalue weighted by Gasteiger charge is -2.19. The van der Waals surface area contributed by atoms with Gasteiger partial charge in [-0.05, 0) is 45.4 Å². The van der Waals surface area contributed by atoms with E-state index in [1.807, 2.05) is 6.92 Å². The van der Waals surface area contributed by atoms with E-state index in [1.54, 1.807) is 39.0 Å². The van der Waals surface area contributed by atoms with Gasteiger partial charge in [-0.15, -0.1) is 0 Å². The highest BCUT2D eigenvalue weighted by molar-refractivity contribution is 5.68. The van der Waals surface area contributed by atoms with Crippen molar-refractivity contribution in [1.82, 2.24) is 5.32 Å².